The van der Waals surface area contributed by atoms with Gasteiger partial charge < -0.3 is 0 Å². The Bertz CT molecular complexity index is 304. The van der Waals surface area contributed by atoms with E-state index in [1.54, 1.807) is 0 Å². The standard InChI is InChI=1S/C12H10/c1-3-7-11(8-4-1)12-9-5-2-6-10-12/h1,3-5,7-10H,6H2. The van der Waals surface area contributed by atoms with Gasteiger partial charge in [0.05, 0.1) is 0 Å². The normalized spacial score (nSPS) is 15.8. The van der Waals surface area contributed by atoms with Crippen molar-refractivity contribution >= 4 is 5.57 Å². The van der Waals surface area contributed by atoms with Crippen LogP contribution in [0.4, 0.5) is 0 Å². The van der Waals surface area contributed by atoms with Crippen LogP contribution < -0.4 is 0 Å². The van der Waals surface area contributed by atoms with Crippen LogP contribution in [0.15, 0.2) is 48.6 Å². The Balaban J connectivity index is 2.31. The maximum absolute atomic E-state index is 3.13. The Kier molecular flexibility index (Phi) is 2.08. The maximum atomic E-state index is 3.13. The van der Waals surface area contributed by atoms with Crippen molar-refractivity contribution in [3.8, 4) is 0 Å². The summed E-state index contributed by atoms with van der Waals surface area (Å²) < 4.78 is 0. The molecule has 0 heteroatoms. The fourth-order valence-corrected chi connectivity index (χ4v) is 1.30. The van der Waals surface area contributed by atoms with Crippen LogP contribution in [0, 0.1) is 6.42 Å². The number of hydrogen-bond donors (Lipinski definition) is 0. The Morgan fingerprint density at radius 3 is 2.58 bits per heavy atom. The Morgan fingerprint density at radius 2 is 1.92 bits per heavy atom. The third-order valence-electron chi connectivity index (χ3n) is 1.93. The molecule has 0 saturated heterocycles. The van der Waals surface area contributed by atoms with Crippen molar-refractivity contribution in [2.45, 2.75) is 6.42 Å². The van der Waals surface area contributed by atoms with E-state index in [1.165, 1.54) is 11.1 Å². The van der Waals surface area contributed by atoms with Crippen molar-refractivity contribution in [2.75, 3.05) is 0 Å². The van der Waals surface area contributed by atoms with Gasteiger partial charge in [0.1, 0.15) is 0 Å². The summed E-state index contributed by atoms with van der Waals surface area (Å²) in [5.41, 5.74) is 2.59. The first-order chi connectivity index (χ1) is 5.97. The molecule has 1 aromatic carbocycles. The van der Waals surface area contributed by atoms with E-state index in [9.17, 15) is 0 Å². The highest BCUT2D eigenvalue weighted by atomic mass is 14.0. The van der Waals surface area contributed by atoms with E-state index >= 15 is 0 Å². The first kappa shape index (κ1) is 7.35. The lowest BCUT2D eigenvalue weighted by Gasteiger charge is -2.05. The van der Waals surface area contributed by atoms with Crippen molar-refractivity contribution in [1.82, 2.24) is 0 Å². The fraction of sp³-hybridized carbons (Fsp3) is 0.0833. The van der Waals surface area contributed by atoms with Gasteiger partial charge >= 0.3 is 0 Å². The summed E-state index contributed by atoms with van der Waals surface area (Å²) >= 11 is 0. The Hall–Kier alpha value is -1.30. The van der Waals surface area contributed by atoms with Crippen LogP contribution in [-0.4, -0.2) is 0 Å². The van der Waals surface area contributed by atoms with E-state index in [4.69, 9.17) is 0 Å². The molecule has 0 bridgehead atoms. The van der Waals surface area contributed by atoms with E-state index in [2.05, 4.69) is 42.8 Å². The Morgan fingerprint density at radius 1 is 1.08 bits per heavy atom. The zero-order valence-corrected chi connectivity index (χ0v) is 6.83. The number of allylic oxidation sites excluding steroid dienone is 4. The largest absolute Gasteiger partial charge is 0.0757 e. The molecule has 2 radical (unpaired) electrons. The quantitative estimate of drug-likeness (QED) is 0.583. The van der Waals surface area contributed by atoms with E-state index in [1.807, 2.05) is 12.1 Å². The molecule has 0 unspecified atom stereocenters. The van der Waals surface area contributed by atoms with Crippen LogP contribution in [-0.2, 0) is 0 Å². The second-order valence-corrected chi connectivity index (χ2v) is 2.77. The lowest BCUT2D eigenvalue weighted by molar-refractivity contribution is 1.27. The number of rotatable bonds is 1. The second kappa shape index (κ2) is 3.40. The topological polar surface area (TPSA) is 0 Å². The molecule has 0 heterocycles. The number of hydrogen-bond acceptors (Lipinski definition) is 0. The summed E-state index contributed by atoms with van der Waals surface area (Å²) in [5.74, 6) is 0. The average molecular weight is 154 g/mol. The van der Waals surface area contributed by atoms with Crippen LogP contribution in [0.3, 0.4) is 0 Å². The summed E-state index contributed by atoms with van der Waals surface area (Å²) in [7, 11) is 0. The molecule has 0 spiro atoms. The van der Waals surface area contributed by atoms with Crippen molar-refractivity contribution in [3.05, 3.63) is 60.5 Å². The highest BCUT2D eigenvalue weighted by molar-refractivity contribution is 5.75. The van der Waals surface area contributed by atoms with Crippen LogP contribution in [0.5, 0.6) is 0 Å². The van der Waals surface area contributed by atoms with Crippen molar-refractivity contribution in [3.63, 3.8) is 0 Å². The van der Waals surface area contributed by atoms with Crippen molar-refractivity contribution in [2.24, 2.45) is 0 Å². The molecule has 0 aliphatic heterocycles. The Labute approximate surface area is 73.2 Å². The van der Waals surface area contributed by atoms with E-state index in [0.29, 0.717) is 0 Å². The minimum absolute atomic E-state index is 0.931. The molecule has 0 nitrogen and oxygen atoms in total. The van der Waals surface area contributed by atoms with Gasteiger partial charge in [-0.2, -0.15) is 0 Å². The van der Waals surface area contributed by atoms with Crippen LogP contribution in [0.1, 0.15) is 12.0 Å². The third kappa shape index (κ3) is 1.48. The molecule has 0 N–H and O–H groups in total. The molecule has 1 aromatic rings. The summed E-state index contributed by atoms with van der Waals surface area (Å²) in [4.78, 5) is 0. The molecule has 0 saturated carbocycles. The summed E-state index contributed by atoms with van der Waals surface area (Å²) in [6, 6.07) is 10.4. The molecule has 12 heavy (non-hydrogen) atoms. The van der Waals surface area contributed by atoms with Gasteiger partial charge in [0.2, 0.25) is 0 Å². The van der Waals surface area contributed by atoms with Crippen LogP contribution >= 0.6 is 0 Å². The SMILES string of the molecule is [C]1C=CC(c2ccccc2)=CC1. The predicted molar refractivity (Wildman–Crippen MR) is 51.4 cm³/mol. The van der Waals surface area contributed by atoms with Gasteiger partial charge in [-0.25, -0.2) is 0 Å². The third-order valence-corrected chi connectivity index (χ3v) is 1.93. The van der Waals surface area contributed by atoms with E-state index in [-0.39, 0.29) is 0 Å². The average Bonchev–Trinajstić information content (AvgIpc) is 2.21. The smallest absolute Gasteiger partial charge is 0.0125 e. The van der Waals surface area contributed by atoms with Crippen molar-refractivity contribution < 1.29 is 0 Å². The highest BCUT2D eigenvalue weighted by Crippen LogP contribution is 2.19. The molecule has 58 valence electrons. The molecule has 0 aromatic heterocycles. The first-order valence-corrected chi connectivity index (χ1v) is 4.12. The van der Waals surface area contributed by atoms with Gasteiger partial charge in [-0.1, -0.05) is 48.6 Å². The van der Waals surface area contributed by atoms with E-state index in [0.717, 1.165) is 6.42 Å². The minimum atomic E-state index is 0.931. The van der Waals surface area contributed by atoms with Gasteiger partial charge in [-0.05, 0) is 17.6 Å². The highest BCUT2D eigenvalue weighted by Gasteiger charge is 1.98. The fourth-order valence-electron chi connectivity index (χ4n) is 1.30. The molecule has 2 rings (SSSR count). The first-order valence-electron chi connectivity index (χ1n) is 4.12. The van der Waals surface area contributed by atoms with Crippen LogP contribution in [0.2, 0.25) is 0 Å². The molecular weight excluding hydrogens is 144 g/mol. The van der Waals surface area contributed by atoms with E-state index < -0.39 is 0 Å². The van der Waals surface area contributed by atoms with Gasteiger partial charge in [-0.15, -0.1) is 0 Å². The zero-order chi connectivity index (χ0) is 8.23. The molecular formula is C12H10. The summed E-state index contributed by atoms with van der Waals surface area (Å²) in [6.45, 7) is 0. The van der Waals surface area contributed by atoms with Crippen LogP contribution in [0.25, 0.3) is 5.57 Å². The molecule has 0 atom stereocenters. The number of benzene rings is 1. The lowest BCUT2D eigenvalue weighted by Crippen LogP contribution is -1.84. The van der Waals surface area contributed by atoms with Gasteiger partial charge in [-0.3, -0.25) is 0 Å². The molecule has 0 fully saturated rings. The summed E-state index contributed by atoms with van der Waals surface area (Å²) in [5, 5.41) is 0. The summed E-state index contributed by atoms with van der Waals surface area (Å²) in [6.07, 6.45) is 10.3. The minimum Gasteiger partial charge on any atom is -0.0757 e. The molecule has 0 amide bonds. The zero-order valence-electron chi connectivity index (χ0n) is 6.83. The molecule has 1 aliphatic rings. The van der Waals surface area contributed by atoms with Gasteiger partial charge in [0, 0.05) is 6.42 Å². The lowest BCUT2D eigenvalue weighted by atomic mass is 10.00. The maximum Gasteiger partial charge on any atom is 0.0125 e. The van der Waals surface area contributed by atoms with Gasteiger partial charge in [0.25, 0.3) is 0 Å². The van der Waals surface area contributed by atoms with Gasteiger partial charge in [0.15, 0.2) is 0 Å². The monoisotopic (exact) mass is 154 g/mol. The predicted octanol–water partition coefficient (Wildman–Crippen LogP) is 3.11. The molecule has 1 aliphatic carbocycles. The van der Waals surface area contributed by atoms with Crippen molar-refractivity contribution in [1.29, 1.82) is 0 Å². The second-order valence-electron chi connectivity index (χ2n) is 2.77.